The van der Waals surface area contributed by atoms with Crippen LogP contribution in [0.4, 0.5) is 0 Å². The minimum Gasteiger partial charge on any atom is -0.481 e. The summed E-state index contributed by atoms with van der Waals surface area (Å²) in [5.74, 6) is -0.139. The van der Waals surface area contributed by atoms with Gasteiger partial charge in [-0.15, -0.1) is 0 Å². The summed E-state index contributed by atoms with van der Waals surface area (Å²) < 4.78 is 0. The number of hydrogen-bond donors (Lipinski definition) is 1. The molecule has 114 valence electrons. The Kier molecular flexibility index (Phi) is 5.37. The van der Waals surface area contributed by atoms with Gasteiger partial charge in [-0.25, -0.2) is 0 Å². The van der Waals surface area contributed by atoms with Gasteiger partial charge in [0, 0.05) is 0 Å². The van der Waals surface area contributed by atoms with Gasteiger partial charge in [0.1, 0.15) is 12.0 Å². The molecule has 0 saturated heterocycles. The molecule has 0 radical (unpaired) electrons. The van der Waals surface area contributed by atoms with Crippen LogP contribution in [0.3, 0.4) is 0 Å². The van der Waals surface area contributed by atoms with E-state index in [1.807, 2.05) is 30.3 Å². The second kappa shape index (κ2) is 7.25. The summed E-state index contributed by atoms with van der Waals surface area (Å²) in [4.78, 5) is 16.8. The average Bonchev–Trinajstić information content (AvgIpc) is 2.53. The molecule has 0 bridgehead atoms. The highest BCUT2D eigenvalue weighted by molar-refractivity contribution is 5.93. The van der Waals surface area contributed by atoms with Crippen molar-refractivity contribution in [2.24, 2.45) is 16.5 Å². The van der Waals surface area contributed by atoms with E-state index in [1.54, 1.807) is 0 Å². The van der Waals surface area contributed by atoms with Gasteiger partial charge in [0.2, 0.25) is 0 Å². The van der Waals surface area contributed by atoms with Gasteiger partial charge in [0.05, 0.1) is 6.21 Å². The van der Waals surface area contributed by atoms with E-state index in [0.29, 0.717) is 25.4 Å². The van der Waals surface area contributed by atoms with E-state index in [9.17, 15) is 9.90 Å². The first kappa shape index (κ1) is 15.5. The molecule has 0 heterocycles. The van der Waals surface area contributed by atoms with E-state index in [-0.39, 0.29) is 0 Å². The molecule has 1 aromatic rings. The maximum absolute atomic E-state index is 11.6. The summed E-state index contributed by atoms with van der Waals surface area (Å²) in [6.45, 7) is 2.53. The van der Waals surface area contributed by atoms with Crippen LogP contribution in [0.1, 0.15) is 44.6 Å². The topological polar surface area (TPSA) is 58.9 Å². The van der Waals surface area contributed by atoms with Gasteiger partial charge in [-0.05, 0) is 37.2 Å². The number of nitrogens with zero attached hydrogens (tertiary/aromatic N) is 1. The van der Waals surface area contributed by atoms with Gasteiger partial charge in [0.25, 0.3) is 0 Å². The Morgan fingerprint density at radius 2 is 2.05 bits per heavy atom. The molecule has 1 N–H and O–H groups in total. The lowest BCUT2D eigenvalue weighted by Crippen LogP contribution is -2.37. The molecule has 1 fully saturated rings. The predicted octanol–water partition coefficient (Wildman–Crippen LogP) is 3.86. The fourth-order valence-corrected chi connectivity index (χ4v) is 2.82. The van der Waals surface area contributed by atoms with Crippen LogP contribution in [0.15, 0.2) is 35.5 Å². The Balaban J connectivity index is 1.91. The number of aliphatic carboxylic acids is 1. The number of hydrogen-bond acceptors (Lipinski definition) is 3. The van der Waals surface area contributed by atoms with Crippen molar-refractivity contribution in [2.75, 3.05) is 0 Å². The molecule has 0 unspecified atom stereocenters. The largest absolute Gasteiger partial charge is 0.481 e. The van der Waals surface area contributed by atoms with Crippen molar-refractivity contribution in [3.05, 3.63) is 35.9 Å². The molecule has 0 aromatic heterocycles. The predicted molar refractivity (Wildman–Crippen MR) is 82.0 cm³/mol. The van der Waals surface area contributed by atoms with E-state index < -0.39 is 11.4 Å². The zero-order chi connectivity index (χ0) is 15.1. The van der Waals surface area contributed by atoms with Gasteiger partial charge in [-0.2, -0.15) is 0 Å². The molecule has 1 aliphatic carbocycles. The van der Waals surface area contributed by atoms with Crippen LogP contribution in [0.5, 0.6) is 0 Å². The van der Waals surface area contributed by atoms with Gasteiger partial charge in [-0.3, -0.25) is 4.79 Å². The summed E-state index contributed by atoms with van der Waals surface area (Å²) in [6.07, 6.45) is 5.83. The third kappa shape index (κ3) is 4.06. The van der Waals surface area contributed by atoms with Gasteiger partial charge >= 0.3 is 5.97 Å². The maximum Gasteiger partial charge on any atom is 0.315 e. The Morgan fingerprint density at radius 3 is 2.62 bits per heavy atom. The first-order valence-corrected chi connectivity index (χ1v) is 7.60. The number of rotatable bonds is 6. The Hall–Kier alpha value is -1.84. The van der Waals surface area contributed by atoms with Crippen LogP contribution in [0.25, 0.3) is 0 Å². The molecule has 4 heteroatoms. The minimum absolute atomic E-state index is 0.366. The lowest BCUT2D eigenvalue weighted by Gasteiger charge is -2.33. The summed E-state index contributed by atoms with van der Waals surface area (Å²) in [5, 5.41) is 13.4. The van der Waals surface area contributed by atoms with Crippen molar-refractivity contribution in [1.82, 2.24) is 0 Å². The van der Waals surface area contributed by atoms with Crippen molar-refractivity contribution in [2.45, 2.75) is 45.6 Å². The fraction of sp³-hybridized carbons (Fsp3) is 0.529. The van der Waals surface area contributed by atoms with Crippen LogP contribution in [0.2, 0.25) is 0 Å². The van der Waals surface area contributed by atoms with E-state index >= 15 is 0 Å². The number of oxime groups is 1. The molecule has 1 aromatic carbocycles. The highest BCUT2D eigenvalue weighted by Crippen LogP contribution is 2.39. The van der Waals surface area contributed by atoms with Crippen LogP contribution in [-0.2, 0) is 16.2 Å². The van der Waals surface area contributed by atoms with E-state index in [0.717, 1.165) is 24.8 Å². The quantitative estimate of drug-likeness (QED) is 0.639. The van der Waals surface area contributed by atoms with Gasteiger partial charge in [-0.1, -0.05) is 48.8 Å². The lowest BCUT2D eigenvalue weighted by molar-refractivity contribution is -0.146. The zero-order valence-electron chi connectivity index (χ0n) is 12.5. The van der Waals surface area contributed by atoms with Crippen molar-refractivity contribution in [3.8, 4) is 0 Å². The normalized spacial score (nSPS) is 25.9. The Bertz CT molecular complexity index is 476. The number of benzene rings is 1. The molecule has 0 aliphatic heterocycles. The van der Waals surface area contributed by atoms with Gasteiger partial charge < -0.3 is 9.94 Å². The average molecular weight is 289 g/mol. The maximum atomic E-state index is 11.6. The molecule has 0 amide bonds. The molecule has 2 rings (SSSR count). The SMILES string of the molecule is CCC1CCC(/C=N\OCc2ccccc2)(C(=O)O)CC1. The highest BCUT2D eigenvalue weighted by atomic mass is 16.6. The molecular weight excluding hydrogens is 266 g/mol. The monoisotopic (exact) mass is 289 g/mol. The lowest BCUT2D eigenvalue weighted by atomic mass is 9.70. The van der Waals surface area contributed by atoms with Gasteiger partial charge in [0.15, 0.2) is 0 Å². The number of carboxylic acids is 1. The summed E-state index contributed by atoms with van der Waals surface area (Å²) in [7, 11) is 0. The second-order valence-corrected chi connectivity index (χ2v) is 5.81. The van der Waals surface area contributed by atoms with Crippen molar-refractivity contribution in [1.29, 1.82) is 0 Å². The van der Waals surface area contributed by atoms with E-state index in [2.05, 4.69) is 12.1 Å². The van der Waals surface area contributed by atoms with Crippen molar-refractivity contribution in [3.63, 3.8) is 0 Å². The standard InChI is InChI=1S/C17H23NO3/c1-2-14-8-10-17(11-9-14,16(19)20)13-18-21-12-15-6-4-3-5-7-15/h3-7,13-14H,2,8-12H2,1H3,(H,19,20)/b18-13-. The van der Waals surface area contributed by atoms with Crippen LogP contribution in [0, 0.1) is 11.3 Å². The van der Waals surface area contributed by atoms with E-state index in [4.69, 9.17) is 4.84 Å². The highest BCUT2D eigenvalue weighted by Gasteiger charge is 2.40. The number of carbonyl (C=O) groups is 1. The summed E-state index contributed by atoms with van der Waals surface area (Å²) in [5.41, 5.74) is 0.177. The fourth-order valence-electron chi connectivity index (χ4n) is 2.82. The zero-order valence-corrected chi connectivity index (χ0v) is 12.5. The smallest absolute Gasteiger partial charge is 0.315 e. The third-order valence-electron chi connectivity index (χ3n) is 4.45. The molecule has 21 heavy (non-hydrogen) atoms. The van der Waals surface area contributed by atoms with E-state index in [1.165, 1.54) is 6.21 Å². The minimum atomic E-state index is -0.845. The molecular formula is C17H23NO3. The molecule has 1 saturated carbocycles. The number of carboxylic acid groups (broad SMARTS) is 1. The third-order valence-corrected chi connectivity index (χ3v) is 4.45. The second-order valence-electron chi connectivity index (χ2n) is 5.81. The van der Waals surface area contributed by atoms with Crippen LogP contribution in [-0.4, -0.2) is 17.3 Å². The molecule has 4 nitrogen and oxygen atoms in total. The Morgan fingerprint density at radius 1 is 1.38 bits per heavy atom. The summed E-state index contributed by atoms with van der Waals surface area (Å²) >= 11 is 0. The van der Waals surface area contributed by atoms with Crippen LogP contribution >= 0.6 is 0 Å². The summed E-state index contributed by atoms with van der Waals surface area (Å²) in [6, 6.07) is 9.72. The molecule has 1 aliphatic rings. The molecule has 0 spiro atoms. The van der Waals surface area contributed by atoms with Crippen molar-refractivity contribution < 1.29 is 14.7 Å². The first-order chi connectivity index (χ1) is 10.2. The molecule has 0 atom stereocenters. The first-order valence-electron chi connectivity index (χ1n) is 7.60. The Labute approximate surface area is 125 Å². The van der Waals surface area contributed by atoms with Crippen molar-refractivity contribution >= 4 is 12.2 Å². The van der Waals surface area contributed by atoms with Crippen LogP contribution < -0.4 is 0 Å².